The van der Waals surface area contributed by atoms with Gasteiger partial charge in [-0.05, 0) is 44.9 Å². The van der Waals surface area contributed by atoms with Crippen LogP contribution in [0.15, 0.2) is 18.2 Å². The number of benzene rings is 1. The quantitative estimate of drug-likeness (QED) is 0.868. The minimum atomic E-state index is -0.292. The second-order valence-electron chi connectivity index (χ2n) is 5.41. The first-order valence-electron chi connectivity index (χ1n) is 6.90. The van der Waals surface area contributed by atoms with Gasteiger partial charge in [-0.15, -0.1) is 0 Å². The number of aliphatic hydroxyl groups excluding tert-OH is 1. The number of hydrogen-bond acceptors (Lipinski definition) is 3. The number of rotatable bonds is 5. The summed E-state index contributed by atoms with van der Waals surface area (Å²) in [6, 6.07) is 6.57. The smallest absolute Gasteiger partial charge is 0.110 e. The summed E-state index contributed by atoms with van der Waals surface area (Å²) in [5.41, 5.74) is 8.92. The van der Waals surface area contributed by atoms with E-state index in [0.717, 1.165) is 35.3 Å². The first-order chi connectivity index (χ1) is 9.02. The van der Waals surface area contributed by atoms with Crippen molar-refractivity contribution in [3.8, 4) is 0 Å². The number of nitrogens with two attached hydrogens (primary N) is 1. The van der Waals surface area contributed by atoms with Gasteiger partial charge >= 0.3 is 0 Å². The molecular weight excluding hydrogens is 238 g/mol. The lowest BCUT2D eigenvalue weighted by Gasteiger charge is -2.13. The molecule has 0 aliphatic heterocycles. The highest BCUT2D eigenvalue weighted by atomic mass is 16.3. The molecule has 0 fully saturated rings. The fourth-order valence-electron chi connectivity index (χ4n) is 2.41. The molecule has 0 spiro atoms. The van der Waals surface area contributed by atoms with Crippen molar-refractivity contribution in [3.63, 3.8) is 0 Å². The third-order valence-corrected chi connectivity index (χ3v) is 3.36. The Morgan fingerprint density at radius 1 is 1.32 bits per heavy atom. The Kier molecular flexibility index (Phi) is 4.22. The van der Waals surface area contributed by atoms with Gasteiger partial charge in [-0.3, -0.25) is 0 Å². The SMILES string of the molecule is CC(O)CCc1nc2cc(CN)ccc2n1C(C)C. The van der Waals surface area contributed by atoms with Crippen LogP contribution in [0.5, 0.6) is 0 Å². The molecule has 1 unspecified atom stereocenters. The molecule has 0 aliphatic carbocycles. The summed E-state index contributed by atoms with van der Waals surface area (Å²) in [6.45, 7) is 6.66. The predicted molar refractivity (Wildman–Crippen MR) is 78.0 cm³/mol. The average Bonchev–Trinajstić information content (AvgIpc) is 2.73. The van der Waals surface area contributed by atoms with Gasteiger partial charge in [0.1, 0.15) is 5.82 Å². The number of aliphatic hydroxyl groups is 1. The van der Waals surface area contributed by atoms with Crippen molar-refractivity contribution in [2.24, 2.45) is 5.73 Å². The van der Waals surface area contributed by atoms with Crippen LogP contribution in [-0.4, -0.2) is 20.8 Å². The van der Waals surface area contributed by atoms with E-state index in [0.29, 0.717) is 12.6 Å². The lowest BCUT2D eigenvalue weighted by atomic mass is 10.2. The standard InChI is InChI=1S/C15H23N3O/c1-10(2)18-14-6-5-12(9-16)8-13(14)17-15(18)7-4-11(3)19/h5-6,8,10-11,19H,4,7,9,16H2,1-3H3. The molecule has 1 heterocycles. The third-order valence-electron chi connectivity index (χ3n) is 3.36. The molecule has 4 nitrogen and oxygen atoms in total. The fraction of sp³-hybridized carbons (Fsp3) is 0.533. The molecule has 1 atom stereocenters. The molecule has 0 amide bonds. The van der Waals surface area contributed by atoms with Crippen LogP contribution < -0.4 is 5.73 Å². The Balaban J connectivity index is 2.46. The van der Waals surface area contributed by atoms with Crippen LogP contribution in [0.1, 0.15) is 44.6 Å². The zero-order valence-corrected chi connectivity index (χ0v) is 11.9. The summed E-state index contributed by atoms with van der Waals surface area (Å²) >= 11 is 0. The molecule has 104 valence electrons. The van der Waals surface area contributed by atoms with Crippen molar-refractivity contribution in [2.45, 2.75) is 52.3 Å². The summed E-state index contributed by atoms with van der Waals surface area (Å²) in [6.07, 6.45) is 1.24. The van der Waals surface area contributed by atoms with Crippen LogP contribution in [0, 0.1) is 0 Å². The number of hydrogen-bond donors (Lipinski definition) is 2. The number of aryl methyl sites for hydroxylation is 1. The third kappa shape index (κ3) is 2.96. The highest BCUT2D eigenvalue weighted by Crippen LogP contribution is 2.23. The average molecular weight is 261 g/mol. The van der Waals surface area contributed by atoms with E-state index in [1.165, 1.54) is 0 Å². The van der Waals surface area contributed by atoms with E-state index in [-0.39, 0.29) is 6.10 Å². The maximum atomic E-state index is 9.45. The topological polar surface area (TPSA) is 64.1 Å². The van der Waals surface area contributed by atoms with Crippen LogP contribution in [0.3, 0.4) is 0 Å². The van der Waals surface area contributed by atoms with E-state index in [9.17, 15) is 5.11 Å². The summed E-state index contributed by atoms with van der Waals surface area (Å²) < 4.78 is 2.25. The predicted octanol–water partition coefficient (Wildman–Crippen LogP) is 2.39. The molecular formula is C15H23N3O. The highest BCUT2D eigenvalue weighted by molar-refractivity contribution is 5.77. The number of imidazole rings is 1. The Bertz CT molecular complexity index is 558. The van der Waals surface area contributed by atoms with Gasteiger partial charge < -0.3 is 15.4 Å². The minimum absolute atomic E-state index is 0.292. The van der Waals surface area contributed by atoms with E-state index >= 15 is 0 Å². The van der Waals surface area contributed by atoms with Crippen LogP contribution in [-0.2, 0) is 13.0 Å². The van der Waals surface area contributed by atoms with Gasteiger partial charge in [0.25, 0.3) is 0 Å². The molecule has 0 radical (unpaired) electrons. The maximum absolute atomic E-state index is 9.45. The first kappa shape index (κ1) is 14.0. The zero-order chi connectivity index (χ0) is 14.0. The van der Waals surface area contributed by atoms with Crippen molar-refractivity contribution >= 4 is 11.0 Å². The van der Waals surface area contributed by atoms with Crippen LogP contribution in [0.25, 0.3) is 11.0 Å². The van der Waals surface area contributed by atoms with Crippen LogP contribution in [0.4, 0.5) is 0 Å². The molecule has 0 saturated carbocycles. The molecule has 0 bridgehead atoms. The maximum Gasteiger partial charge on any atom is 0.110 e. The molecule has 2 aromatic rings. The van der Waals surface area contributed by atoms with E-state index in [1.54, 1.807) is 0 Å². The Morgan fingerprint density at radius 2 is 2.05 bits per heavy atom. The van der Waals surface area contributed by atoms with E-state index < -0.39 is 0 Å². The van der Waals surface area contributed by atoms with Crippen molar-refractivity contribution in [2.75, 3.05) is 0 Å². The van der Waals surface area contributed by atoms with Gasteiger partial charge in [0.15, 0.2) is 0 Å². The van der Waals surface area contributed by atoms with Gasteiger partial charge in [-0.2, -0.15) is 0 Å². The summed E-state index contributed by atoms with van der Waals surface area (Å²) in [5, 5.41) is 9.45. The van der Waals surface area contributed by atoms with E-state index in [2.05, 4.69) is 36.6 Å². The van der Waals surface area contributed by atoms with E-state index in [1.807, 2.05) is 6.92 Å². The van der Waals surface area contributed by atoms with Gasteiger partial charge in [0.05, 0.1) is 17.1 Å². The summed E-state index contributed by atoms with van der Waals surface area (Å²) in [4.78, 5) is 4.71. The van der Waals surface area contributed by atoms with Crippen LogP contribution >= 0.6 is 0 Å². The van der Waals surface area contributed by atoms with Gasteiger partial charge in [-0.1, -0.05) is 6.07 Å². The molecule has 0 saturated heterocycles. The van der Waals surface area contributed by atoms with Gasteiger partial charge in [-0.25, -0.2) is 4.98 Å². The Labute approximate surface area is 114 Å². The van der Waals surface area contributed by atoms with E-state index in [4.69, 9.17) is 10.7 Å². The number of nitrogens with zero attached hydrogens (tertiary/aromatic N) is 2. The largest absolute Gasteiger partial charge is 0.393 e. The van der Waals surface area contributed by atoms with Crippen molar-refractivity contribution in [1.82, 2.24) is 9.55 Å². The molecule has 2 rings (SSSR count). The van der Waals surface area contributed by atoms with Crippen LogP contribution in [0.2, 0.25) is 0 Å². The Morgan fingerprint density at radius 3 is 2.63 bits per heavy atom. The molecule has 3 N–H and O–H groups in total. The monoisotopic (exact) mass is 261 g/mol. The molecule has 19 heavy (non-hydrogen) atoms. The number of fused-ring (bicyclic) bond motifs is 1. The van der Waals surface area contributed by atoms with Gasteiger partial charge in [0.2, 0.25) is 0 Å². The lowest BCUT2D eigenvalue weighted by Crippen LogP contribution is -2.09. The second-order valence-corrected chi connectivity index (χ2v) is 5.41. The van der Waals surface area contributed by atoms with Crippen molar-refractivity contribution in [3.05, 3.63) is 29.6 Å². The molecule has 4 heteroatoms. The minimum Gasteiger partial charge on any atom is -0.393 e. The van der Waals surface area contributed by atoms with Crippen molar-refractivity contribution < 1.29 is 5.11 Å². The zero-order valence-electron chi connectivity index (χ0n) is 11.9. The van der Waals surface area contributed by atoms with Gasteiger partial charge in [0, 0.05) is 19.0 Å². The fourth-order valence-corrected chi connectivity index (χ4v) is 2.41. The second kappa shape index (κ2) is 5.72. The highest BCUT2D eigenvalue weighted by Gasteiger charge is 2.14. The molecule has 1 aromatic carbocycles. The molecule has 0 aliphatic rings. The number of aromatic nitrogens is 2. The lowest BCUT2D eigenvalue weighted by molar-refractivity contribution is 0.183. The normalized spacial score (nSPS) is 13.4. The summed E-state index contributed by atoms with van der Waals surface area (Å²) in [5.74, 6) is 1.04. The Hall–Kier alpha value is -1.39. The summed E-state index contributed by atoms with van der Waals surface area (Å²) in [7, 11) is 0. The molecule has 1 aromatic heterocycles. The van der Waals surface area contributed by atoms with Crippen molar-refractivity contribution in [1.29, 1.82) is 0 Å². The first-order valence-corrected chi connectivity index (χ1v) is 6.90.